The molecule has 1 N–H and O–H groups in total. The Morgan fingerprint density at radius 2 is 1.77 bits per heavy atom. The van der Waals surface area contributed by atoms with Gasteiger partial charge in [-0.1, -0.05) is 35.9 Å². The fraction of sp³-hybridized carbons (Fsp3) is 0.316. The second-order valence-corrected chi connectivity index (χ2v) is 8.44. The van der Waals surface area contributed by atoms with Crippen LogP contribution in [0.4, 0.5) is 0 Å². The fourth-order valence-corrected chi connectivity index (χ4v) is 4.03. The van der Waals surface area contributed by atoms with Crippen molar-refractivity contribution in [3.63, 3.8) is 0 Å². The lowest BCUT2D eigenvalue weighted by atomic mass is 10.1. The van der Waals surface area contributed by atoms with Crippen LogP contribution in [0.5, 0.6) is 0 Å². The number of hydrogen-bond acceptors (Lipinski definition) is 4. The SMILES string of the molecule is Cc1ccc(S(=O)(=O)NC(C)C)cc1C(=O)OC(C)c1ccccc1Cl. The minimum absolute atomic E-state index is 0.0224. The van der Waals surface area contributed by atoms with Gasteiger partial charge in [-0.3, -0.25) is 0 Å². The van der Waals surface area contributed by atoms with Gasteiger partial charge in [0.25, 0.3) is 0 Å². The molecule has 7 heteroatoms. The smallest absolute Gasteiger partial charge is 0.339 e. The van der Waals surface area contributed by atoms with Crippen LogP contribution in [0.3, 0.4) is 0 Å². The second kappa shape index (κ2) is 8.20. The maximum atomic E-state index is 12.6. The van der Waals surface area contributed by atoms with E-state index in [1.54, 1.807) is 52.0 Å². The number of sulfonamides is 1. The number of esters is 1. The van der Waals surface area contributed by atoms with E-state index in [9.17, 15) is 13.2 Å². The minimum atomic E-state index is -3.70. The average molecular weight is 396 g/mol. The molecular weight excluding hydrogens is 374 g/mol. The van der Waals surface area contributed by atoms with Crippen LogP contribution >= 0.6 is 11.6 Å². The van der Waals surface area contributed by atoms with Crippen LogP contribution in [0.2, 0.25) is 5.02 Å². The number of carbonyl (C=O) groups is 1. The highest BCUT2D eigenvalue weighted by Gasteiger charge is 2.21. The summed E-state index contributed by atoms with van der Waals surface area (Å²) in [5.74, 6) is -0.600. The first kappa shape index (κ1) is 20.4. The highest BCUT2D eigenvalue weighted by molar-refractivity contribution is 7.89. The third-order valence-corrected chi connectivity index (χ3v) is 5.76. The molecule has 0 saturated heterocycles. The molecule has 1 atom stereocenters. The molecule has 0 aliphatic heterocycles. The van der Waals surface area contributed by atoms with E-state index in [-0.39, 0.29) is 16.5 Å². The first-order valence-electron chi connectivity index (χ1n) is 8.20. The van der Waals surface area contributed by atoms with Crippen molar-refractivity contribution in [2.24, 2.45) is 0 Å². The minimum Gasteiger partial charge on any atom is -0.454 e. The molecule has 1 unspecified atom stereocenters. The Morgan fingerprint density at radius 1 is 1.12 bits per heavy atom. The number of benzene rings is 2. The highest BCUT2D eigenvalue weighted by Crippen LogP contribution is 2.27. The van der Waals surface area contributed by atoms with Crippen LogP contribution in [0.25, 0.3) is 0 Å². The van der Waals surface area contributed by atoms with E-state index in [2.05, 4.69) is 4.72 Å². The number of aryl methyl sites for hydroxylation is 1. The van der Waals surface area contributed by atoms with Gasteiger partial charge in [0, 0.05) is 16.6 Å². The van der Waals surface area contributed by atoms with Crippen LogP contribution in [0.1, 0.15) is 48.4 Å². The summed E-state index contributed by atoms with van der Waals surface area (Å²) in [7, 11) is -3.70. The maximum Gasteiger partial charge on any atom is 0.339 e. The van der Waals surface area contributed by atoms with E-state index in [0.29, 0.717) is 16.1 Å². The Labute approximate surface area is 159 Å². The molecule has 5 nitrogen and oxygen atoms in total. The van der Waals surface area contributed by atoms with E-state index < -0.39 is 22.1 Å². The molecule has 26 heavy (non-hydrogen) atoms. The molecule has 0 amide bonds. The van der Waals surface area contributed by atoms with Gasteiger partial charge in [-0.15, -0.1) is 0 Å². The fourth-order valence-electron chi connectivity index (χ4n) is 2.46. The Bertz CT molecular complexity index is 910. The van der Waals surface area contributed by atoms with Crippen molar-refractivity contribution in [3.05, 3.63) is 64.2 Å². The number of hydrogen-bond donors (Lipinski definition) is 1. The van der Waals surface area contributed by atoms with Crippen molar-refractivity contribution < 1.29 is 17.9 Å². The summed E-state index contributed by atoms with van der Waals surface area (Å²) >= 11 is 6.13. The first-order chi connectivity index (χ1) is 12.1. The molecule has 2 aromatic carbocycles. The molecule has 2 aromatic rings. The maximum absolute atomic E-state index is 12.6. The largest absolute Gasteiger partial charge is 0.454 e. The summed E-state index contributed by atoms with van der Waals surface area (Å²) in [5, 5.41) is 0.502. The van der Waals surface area contributed by atoms with Gasteiger partial charge >= 0.3 is 5.97 Å². The van der Waals surface area contributed by atoms with Gasteiger partial charge in [-0.2, -0.15) is 0 Å². The molecule has 0 aliphatic rings. The first-order valence-corrected chi connectivity index (χ1v) is 10.1. The van der Waals surface area contributed by atoms with Crippen molar-refractivity contribution in [1.82, 2.24) is 4.72 Å². The van der Waals surface area contributed by atoms with Gasteiger partial charge in [-0.25, -0.2) is 17.9 Å². The van der Waals surface area contributed by atoms with E-state index >= 15 is 0 Å². The van der Waals surface area contributed by atoms with Crippen LogP contribution in [0, 0.1) is 6.92 Å². The Kier molecular flexibility index (Phi) is 6.44. The zero-order valence-electron chi connectivity index (χ0n) is 15.1. The van der Waals surface area contributed by atoms with Gasteiger partial charge in [0.05, 0.1) is 10.5 Å². The highest BCUT2D eigenvalue weighted by atomic mass is 35.5. The summed E-state index contributed by atoms with van der Waals surface area (Å²) in [6, 6.07) is 11.2. The topological polar surface area (TPSA) is 72.5 Å². The molecule has 0 fully saturated rings. The standard InChI is InChI=1S/C19H22ClNO4S/c1-12(2)21-26(23,24)15-10-9-13(3)17(11-15)19(22)25-14(4)16-7-5-6-8-18(16)20/h5-12,14,21H,1-4H3. The van der Waals surface area contributed by atoms with E-state index in [1.807, 2.05) is 6.07 Å². The van der Waals surface area contributed by atoms with Gasteiger partial charge in [0.1, 0.15) is 6.10 Å². The van der Waals surface area contributed by atoms with Crippen LogP contribution in [0.15, 0.2) is 47.4 Å². The van der Waals surface area contributed by atoms with Crippen LogP contribution in [-0.2, 0) is 14.8 Å². The molecule has 0 saturated carbocycles. The zero-order chi connectivity index (χ0) is 19.5. The number of halogens is 1. The average Bonchev–Trinajstić information content (AvgIpc) is 2.54. The quantitative estimate of drug-likeness (QED) is 0.742. The molecule has 2 rings (SSSR count). The lowest BCUT2D eigenvalue weighted by molar-refractivity contribution is 0.0337. The number of nitrogens with one attached hydrogen (secondary N) is 1. The number of ether oxygens (including phenoxy) is 1. The number of rotatable bonds is 6. The van der Waals surface area contributed by atoms with Crippen molar-refractivity contribution >= 4 is 27.6 Å². The molecule has 0 bridgehead atoms. The number of carbonyl (C=O) groups excluding carboxylic acids is 1. The summed E-state index contributed by atoms with van der Waals surface area (Å²) in [4.78, 5) is 12.6. The lowest BCUT2D eigenvalue weighted by Crippen LogP contribution is -2.30. The molecular formula is C19H22ClNO4S. The monoisotopic (exact) mass is 395 g/mol. The predicted octanol–water partition coefficient (Wildman–Crippen LogP) is 4.25. The zero-order valence-corrected chi connectivity index (χ0v) is 16.7. The normalized spacial score (nSPS) is 12.8. The predicted molar refractivity (Wildman–Crippen MR) is 102 cm³/mol. The second-order valence-electron chi connectivity index (χ2n) is 6.32. The lowest BCUT2D eigenvalue weighted by Gasteiger charge is -2.16. The van der Waals surface area contributed by atoms with Gasteiger partial charge in [-0.05, 0) is 51.5 Å². The van der Waals surface area contributed by atoms with Crippen LogP contribution in [-0.4, -0.2) is 20.4 Å². The molecule has 0 heterocycles. The Morgan fingerprint density at radius 3 is 2.38 bits per heavy atom. The molecule has 140 valence electrons. The summed E-state index contributed by atoms with van der Waals surface area (Å²) in [6.45, 7) is 6.90. The van der Waals surface area contributed by atoms with Gasteiger partial charge < -0.3 is 4.74 Å². The Hall–Kier alpha value is -1.89. The van der Waals surface area contributed by atoms with E-state index in [4.69, 9.17) is 16.3 Å². The summed E-state index contributed by atoms with van der Waals surface area (Å²) < 4.78 is 32.7. The van der Waals surface area contributed by atoms with E-state index in [1.165, 1.54) is 12.1 Å². The molecule has 0 aliphatic carbocycles. The van der Waals surface area contributed by atoms with Crippen LogP contribution < -0.4 is 4.72 Å². The summed E-state index contributed by atoms with van der Waals surface area (Å²) in [6.07, 6.45) is -0.565. The van der Waals surface area contributed by atoms with Crippen molar-refractivity contribution in [3.8, 4) is 0 Å². The third kappa shape index (κ3) is 4.84. The van der Waals surface area contributed by atoms with Crippen molar-refractivity contribution in [1.29, 1.82) is 0 Å². The summed E-state index contributed by atoms with van der Waals surface area (Å²) in [5.41, 5.74) is 1.52. The molecule has 0 radical (unpaired) electrons. The third-order valence-electron chi connectivity index (χ3n) is 3.76. The van der Waals surface area contributed by atoms with Gasteiger partial charge in [0.15, 0.2) is 0 Å². The van der Waals surface area contributed by atoms with E-state index in [0.717, 1.165) is 0 Å². The van der Waals surface area contributed by atoms with Crippen molar-refractivity contribution in [2.45, 2.75) is 44.7 Å². The Balaban J connectivity index is 2.29. The van der Waals surface area contributed by atoms with Gasteiger partial charge in [0.2, 0.25) is 10.0 Å². The molecule has 0 spiro atoms. The van der Waals surface area contributed by atoms with Crippen molar-refractivity contribution in [2.75, 3.05) is 0 Å². The molecule has 0 aromatic heterocycles.